The normalized spacial score (nSPS) is 24.7. The quantitative estimate of drug-likeness (QED) is 0.841. The summed E-state index contributed by atoms with van der Waals surface area (Å²) in [5.41, 5.74) is 0.454. The highest BCUT2D eigenvalue weighted by Gasteiger charge is 2.33. The minimum Gasteiger partial charge on any atom is -0.378 e. The van der Waals surface area contributed by atoms with Gasteiger partial charge in [0.1, 0.15) is 5.82 Å². The predicted molar refractivity (Wildman–Crippen MR) is 105 cm³/mol. The summed E-state index contributed by atoms with van der Waals surface area (Å²) in [5.74, 6) is 0.810. The molecule has 7 nitrogen and oxygen atoms in total. The Morgan fingerprint density at radius 2 is 1.89 bits per heavy atom. The van der Waals surface area contributed by atoms with Gasteiger partial charge in [-0.05, 0) is 39.8 Å². The second-order valence-corrected chi connectivity index (χ2v) is 8.16. The Bertz CT molecular complexity index is 619. The zero-order valence-corrected chi connectivity index (χ0v) is 16.9. The molecule has 2 saturated heterocycles. The Hall–Kier alpha value is -1.70. The van der Waals surface area contributed by atoms with Crippen LogP contribution >= 0.6 is 0 Å². The minimum absolute atomic E-state index is 0.0848. The second kappa shape index (κ2) is 8.54. The number of ether oxygens (including phenoxy) is 2. The van der Waals surface area contributed by atoms with Crippen LogP contribution in [0, 0.1) is 0 Å². The lowest BCUT2D eigenvalue weighted by atomic mass is 10.00. The molecule has 2 aliphatic rings. The highest BCUT2D eigenvalue weighted by Crippen LogP contribution is 2.21. The number of aromatic nitrogens is 1. The molecule has 0 saturated carbocycles. The molecule has 0 aromatic carbocycles. The van der Waals surface area contributed by atoms with Gasteiger partial charge in [-0.1, -0.05) is 0 Å². The molecule has 3 rings (SSSR count). The Morgan fingerprint density at radius 3 is 2.48 bits per heavy atom. The molecule has 0 bridgehead atoms. The van der Waals surface area contributed by atoms with Crippen molar-refractivity contribution < 1.29 is 14.3 Å². The van der Waals surface area contributed by atoms with Gasteiger partial charge in [0.25, 0.3) is 5.91 Å². The summed E-state index contributed by atoms with van der Waals surface area (Å²) in [6.07, 6.45) is 2.08. The first-order valence-electron chi connectivity index (χ1n) is 9.82. The van der Waals surface area contributed by atoms with Gasteiger partial charge < -0.3 is 19.7 Å². The Balaban J connectivity index is 1.55. The molecule has 7 heteroatoms. The summed E-state index contributed by atoms with van der Waals surface area (Å²) in [5, 5.41) is 3.07. The zero-order chi connectivity index (χ0) is 19.4. The second-order valence-electron chi connectivity index (χ2n) is 8.16. The van der Waals surface area contributed by atoms with Gasteiger partial charge in [-0.2, -0.15) is 0 Å². The zero-order valence-electron chi connectivity index (χ0n) is 16.9. The van der Waals surface area contributed by atoms with Crippen molar-refractivity contribution in [2.75, 3.05) is 50.8 Å². The number of carbonyl (C=O) groups is 1. The third-order valence-corrected chi connectivity index (χ3v) is 5.30. The molecule has 0 unspecified atom stereocenters. The van der Waals surface area contributed by atoms with E-state index in [0.29, 0.717) is 12.1 Å². The van der Waals surface area contributed by atoms with Gasteiger partial charge in [-0.25, -0.2) is 4.98 Å². The maximum atomic E-state index is 12.6. The van der Waals surface area contributed by atoms with Crippen molar-refractivity contribution in [3.8, 4) is 0 Å². The summed E-state index contributed by atoms with van der Waals surface area (Å²) in [6, 6.07) is 3.76. The third-order valence-electron chi connectivity index (χ3n) is 5.30. The van der Waals surface area contributed by atoms with E-state index in [4.69, 9.17) is 9.47 Å². The molecule has 1 amide bonds. The van der Waals surface area contributed by atoms with E-state index in [-0.39, 0.29) is 23.7 Å². The van der Waals surface area contributed by atoms with Crippen molar-refractivity contribution in [2.24, 2.45) is 0 Å². The molecule has 1 N–H and O–H groups in total. The average molecular weight is 377 g/mol. The molecule has 0 radical (unpaired) electrons. The van der Waals surface area contributed by atoms with E-state index in [1.807, 2.05) is 12.1 Å². The molecule has 0 spiro atoms. The van der Waals surface area contributed by atoms with Crippen LogP contribution in [0.15, 0.2) is 18.3 Å². The summed E-state index contributed by atoms with van der Waals surface area (Å²) in [4.78, 5) is 21.6. The number of hydrogen-bond donors (Lipinski definition) is 1. The van der Waals surface area contributed by atoms with Gasteiger partial charge in [-0.15, -0.1) is 0 Å². The van der Waals surface area contributed by atoms with Crippen LogP contribution in [0.25, 0.3) is 0 Å². The number of rotatable bonds is 5. The lowest BCUT2D eigenvalue weighted by Gasteiger charge is -2.45. The van der Waals surface area contributed by atoms with Crippen molar-refractivity contribution >= 4 is 11.7 Å². The molecule has 2 fully saturated rings. The van der Waals surface area contributed by atoms with E-state index >= 15 is 0 Å². The molecular formula is C20H32N4O3. The van der Waals surface area contributed by atoms with E-state index < -0.39 is 0 Å². The van der Waals surface area contributed by atoms with Crippen molar-refractivity contribution in [1.82, 2.24) is 15.2 Å². The van der Waals surface area contributed by atoms with Gasteiger partial charge >= 0.3 is 0 Å². The topological polar surface area (TPSA) is 66.9 Å². The average Bonchev–Trinajstić information content (AvgIpc) is 2.66. The number of nitrogens with zero attached hydrogens (tertiary/aromatic N) is 3. The molecule has 1 aromatic rings. The lowest BCUT2D eigenvalue weighted by Crippen LogP contribution is -2.58. The molecule has 150 valence electrons. The van der Waals surface area contributed by atoms with Crippen LogP contribution in [-0.2, 0) is 9.47 Å². The maximum absolute atomic E-state index is 12.6. The maximum Gasteiger partial charge on any atom is 0.252 e. The van der Waals surface area contributed by atoms with Crippen molar-refractivity contribution in [3.05, 3.63) is 23.9 Å². The van der Waals surface area contributed by atoms with Crippen LogP contribution in [-0.4, -0.2) is 79.5 Å². The number of nitrogens with one attached hydrogen (secondary N) is 1. The number of morpholine rings is 2. The highest BCUT2D eigenvalue weighted by atomic mass is 16.5. The summed E-state index contributed by atoms with van der Waals surface area (Å²) in [6.45, 7) is 14.0. The van der Waals surface area contributed by atoms with Gasteiger partial charge in [0, 0.05) is 44.5 Å². The molecule has 27 heavy (non-hydrogen) atoms. The largest absolute Gasteiger partial charge is 0.378 e. The Morgan fingerprint density at radius 1 is 1.22 bits per heavy atom. The van der Waals surface area contributed by atoms with Crippen LogP contribution in [0.1, 0.15) is 38.1 Å². The fraction of sp³-hybridized carbons (Fsp3) is 0.700. The third kappa shape index (κ3) is 5.18. The van der Waals surface area contributed by atoms with Gasteiger partial charge in [0.15, 0.2) is 0 Å². The highest BCUT2D eigenvalue weighted by molar-refractivity contribution is 5.94. The number of hydrogen-bond acceptors (Lipinski definition) is 6. The fourth-order valence-electron chi connectivity index (χ4n) is 3.68. The smallest absolute Gasteiger partial charge is 0.252 e. The van der Waals surface area contributed by atoms with Crippen LogP contribution < -0.4 is 10.2 Å². The first-order valence-corrected chi connectivity index (χ1v) is 9.82. The van der Waals surface area contributed by atoms with Crippen molar-refractivity contribution in [2.45, 2.75) is 45.4 Å². The monoisotopic (exact) mass is 376 g/mol. The molecular weight excluding hydrogens is 344 g/mol. The molecule has 2 aliphatic heterocycles. The van der Waals surface area contributed by atoms with Gasteiger partial charge in [0.2, 0.25) is 0 Å². The molecule has 2 atom stereocenters. The van der Waals surface area contributed by atoms with Crippen LogP contribution in [0.5, 0.6) is 0 Å². The standard InChI is InChI=1S/C20H32N4O3/c1-15-12-24(13-16(2)27-15)20(3,4)14-22-19(25)17-5-6-18(21-11-17)23-7-9-26-10-8-23/h5-6,11,15-16H,7-10,12-14H2,1-4H3,(H,22,25)/t15-,16+. The number of carbonyl (C=O) groups excluding carboxylic acids is 1. The lowest BCUT2D eigenvalue weighted by molar-refractivity contribution is -0.0948. The number of amides is 1. The van der Waals surface area contributed by atoms with E-state index in [2.05, 4.69) is 47.8 Å². The first-order chi connectivity index (χ1) is 12.8. The van der Waals surface area contributed by atoms with E-state index in [9.17, 15) is 4.79 Å². The Labute approximate surface area is 162 Å². The van der Waals surface area contributed by atoms with Crippen molar-refractivity contribution in [1.29, 1.82) is 0 Å². The molecule has 1 aromatic heterocycles. The van der Waals surface area contributed by atoms with Crippen LogP contribution in [0.3, 0.4) is 0 Å². The predicted octanol–water partition coefficient (Wildman–Crippen LogP) is 1.54. The number of anilines is 1. The SMILES string of the molecule is C[C@@H]1CN(C(C)(C)CNC(=O)c2ccc(N3CCOCC3)nc2)C[C@H](C)O1. The number of pyridine rings is 1. The summed E-state index contributed by atoms with van der Waals surface area (Å²) in [7, 11) is 0. The van der Waals surface area contributed by atoms with Gasteiger partial charge in [0.05, 0.1) is 31.0 Å². The Kier molecular flexibility index (Phi) is 6.34. The summed E-state index contributed by atoms with van der Waals surface area (Å²) >= 11 is 0. The van der Waals surface area contributed by atoms with Crippen LogP contribution in [0.2, 0.25) is 0 Å². The van der Waals surface area contributed by atoms with E-state index in [1.54, 1.807) is 6.20 Å². The van der Waals surface area contributed by atoms with Crippen LogP contribution in [0.4, 0.5) is 5.82 Å². The van der Waals surface area contributed by atoms with Crippen molar-refractivity contribution in [3.63, 3.8) is 0 Å². The van der Waals surface area contributed by atoms with E-state index in [0.717, 1.165) is 45.2 Å². The van der Waals surface area contributed by atoms with Gasteiger partial charge in [-0.3, -0.25) is 9.69 Å². The molecule has 0 aliphatic carbocycles. The first kappa shape index (κ1) is 20.0. The minimum atomic E-state index is -0.136. The van der Waals surface area contributed by atoms with E-state index in [1.165, 1.54) is 0 Å². The summed E-state index contributed by atoms with van der Waals surface area (Å²) < 4.78 is 11.2. The fourth-order valence-corrected chi connectivity index (χ4v) is 3.68. The molecule has 3 heterocycles.